The van der Waals surface area contributed by atoms with Gasteiger partial charge in [-0.05, 0) is 18.2 Å². The van der Waals surface area contributed by atoms with Crippen LogP contribution in [0.15, 0.2) is 30.5 Å². The molecule has 5 nitrogen and oxygen atoms in total. The third-order valence-electron chi connectivity index (χ3n) is 2.83. The van der Waals surface area contributed by atoms with Crippen molar-refractivity contribution in [2.75, 3.05) is 5.73 Å². The molecule has 0 atom stereocenters. The zero-order valence-corrected chi connectivity index (χ0v) is 10.8. The van der Waals surface area contributed by atoms with Crippen LogP contribution < -0.4 is 5.73 Å². The number of nitrogens with zero attached hydrogens (tertiary/aromatic N) is 4. The summed E-state index contributed by atoms with van der Waals surface area (Å²) in [5.41, 5.74) is 6.91. The summed E-state index contributed by atoms with van der Waals surface area (Å²) in [6.45, 7) is 0. The highest BCUT2D eigenvalue weighted by Crippen LogP contribution is 2.26. The van der Waals surface area contributed by atoms with Gasteiger partial charge in [-0.25, -0.2) is 14.4 Å². The predicted molar refractivity (Wildman–Crippen MR) is 73.0 cm³/mol. The van der Waals surface area contributed by atoms with Crippen LogP contribution in [0.2, 0.25) is 5.02 Å². The van der Waals surface area contributed by atoms with Crippen LogP contribution >= 0.6 is 11.6 Å². The maximum atomic E-state index is 13.7. The molecule has 2 aromatic heterocycles. The van der Waals surface area contributed by atoms with Crippen molar-refractivity contribution in [2.45, 2.75) is 0 Å². The zero-order valence-electron chi connectivity index (χ0n) is 10.0. The van der Waals surface area contributed by atoms with Crippen molar-refractivity contribution in [1.29, 1.82) is 5.26 Å². The van der Waals surface area contributed by atoms with E-state index in [1.807, 2.05) is 6.07 Å². The van der Waals surface area contributed by atoms with Gasteiger partial charge in [0.25, 0.3) is 0 Å². The average molecular weight is 288 g/mol. The molecule has 7 heteroatoms. The number of hydrogen-bond acceptors (Lipinski definition) is 4. The van der Waals surface area contributed by atoms with E-state index in [2.05, 4.69) is 9.97 Å². The van der Waals surface area contributed by atoms with E-state index >= 15 is 0 Å². The van der Waals surface area contributed by atoms with Crippen LogP contribution in [0.4, 0.5) is 10.3 Å². The van der Waals surface area contributed by atoms with Gasteiger partial charge in [-0.3, -0.25) is 4.57 Å². The highest BCUT2D eigenvalue weighted by atomic mass is 35.5. The van der Waals surface area contributed by atoms with Gasteiger partial charge < -0.3 is 5.73 Å². The highest BCUT2D eigenvalue weighted by molar-refractivity contribution is 6.31. The summed E-state index contributed by atoms with van der Waals surface area (Å²) in [6, 6.07) is 7.70. The smallest absolute Gasteiger partial charge is 0.207 e. The molecule has 0 aliphatic rings. The van der Waals surface area contributed by atoms with Gasteiger partial charge in [0.2, 0.25) is 5.95 Å². The minimum atomic E-state index is -0.625. The van der Waals surface area contributed by atoms with Gasteiger partial charge in [-0.2, -0.15) is 5.26 Å². The quantitative estimate of drug-likeness (QED) is 0.746. The lowest BCUT2D eigenvalue weighted by atomic mass is 10.2. The summed E-state index contributed by atoms with van der Waals surface area (Å²) < 4.78 is 15.1. The van der Waals surface area contributed by atoms with Gasteiger partial charge in [-0.1, -0.05) is 17.7 Å². The Morgan fingerprint density at radius 2 is 2.20 bits per heavy atom. The molecule has 0 aliphatic carbocycles. The molecule has 98 valence electrons. The normalized spacial score (nSPS) is 10.7. The van der Waals surface area contributed by atoms with Gasteiger partial charge in [0.1, 0.15) is 23.0 Å². The number of rotatable bonds is 1. The Bertz CT molecular complexity index is 865. The highest BCUT2D eigenvalue weighted by Gasteiger charge is 2.16. The minimum Gasteiger partial charge on any atom is -0.369 e. The summed E-state index contributed by atoms with van der Waals surface area (Å²) in [6.07, 6.45) is 1.44. The number of benzene rings is 1. The van der Waals surface area contributed by atoms with E-state index in [0.717, 1.165) is 0 Å². The number of hydrogen-bond donors (Lipinski definition) is 1. The second-order valence-electron chi connectivity index (χ2n) is 4.05. The van der Waals surface area contributed by atoms with Crippen LogP contribution in [0.25, 0.3) is 16.9 Å². The summed E-state index contributed by atoms with van der Waals surface area (Å²) in [4.78, 5) is 8.26. The van der Waals surface area contributed by atoms with Crippen LogP contribution in [0, 0.1) is 17.1 Å². The Kier molecular flexibility index (Phi) is 2.77. The topological polar surface area (TPSA) is 80.5 Å². The lowest BCUT2D eigenvalue weighted by molar-refractivity contribution is 0.623. The van der Waals surface area contributed by atoms with E-state index in [9.17, 15) is 4.39 Å². The minimum absolute atomic E-state index is 0.108. The Labute approximate surface area is 118 Å². The molecule has 0 radical (unpaired) electrons. The fourth-order valence-corrected chi connectivity index (χ4v) is 2.16. The molecule has 0 saturated heterocycles. The average Bonchev–Trinajstić information content (AvgIpc) is 2.73. The molecule has 3 rings (SSSR count). The third kappa shape index (κ3) is 1.76. The number of nitriles is 1. The van der Waals surface area contributed by atoms with E-state index in [1.54, 1.807) is 12.1 Å². The molecule has 0 bridgehead atoms. The van der Waals surface area contributed by atoms with Crippen LogP contribution in [0.5, 0.6) is 0 Å². The monoisotopic (exact) mass is 287 g/mol. The van der Waals surface area contributed by atoms with E-state index in [4.69, 9.17) is 22.6 Å². The molecule has 2 heterocycles. The Morgan fingerprint density at radius 1 is 1.40 bits per heavy atom. The zero-order chi connectivity index (χ0) is 14.3. The lowest BCUT2D eigenvalue weighted by Crippen LogP contribution is -2.04. The van der Waals surface area contributed by atoms with Crippen molar-refractivity contribution in [1.82, 2.24) is 14.5 Å². The maximum absolute atomic E-state index is 13.7. The fraction of sp³-hybridized carbons (Fsp3) is 0. The largest absolute Gasteiger partial charge is 0.369 e. The first-order chi connectivity index (χ1) is 9.61. The van der Waals surface area contributed by atoms with Gasteiger partial charge in [-0.15, -0.1) is 0 Å². The van der Waals surface area contributed by atoms with Crippen LogP contribution in [0.3, 0.4) is 0 Å². The molecule has 0 saturated carbocycles. The predicted octanol–water partition coefficient (Wildman–Crippen LogP) is 2.67. The number of nitrogens with two attached hydrogens (primary N) is 1. The molecule has 0 aliphatic heterocycles. The molecular weight excluding hydrogens is 281 g/mol. The van der Waals surface area contributed by atoms with Gasteiger partial charge >= 0.3 is 0 Å². The molecule has 3 aromatic rings. The van der Waals surface area contributed by atoms with E-state index in [-0.39, 0.29) is 11.5 Å². The molecule has 1 aromatic carbocycles. The summed E-state index contributed by atoms with van der Waals surface area (Å²) in [5, 5.41) is 9.52. The summed E-state index contributed by atoms with van der Waals surface area (Å²) >= 11 is 5.85. The van der Waals surface area contributed by atoms with E-state index in [0.29, 0.717) is 21.9 Å². The molecule has 2 N–H and O–H groups in total. The van der Waals surface area contributed by atoms with E-state index < -0.39 is 5.82 Å². The number of nitrogen functional groups attached to an aromatic ring is 1. The summed E-state index contributed by atoms with van der Waals surface area (Å²) in [5.74, 6) is -0.517. The first-order valence-electron chi connectivity index (χ1n) is 5.60. The number of halogens is 2. The van der Waals surface area contributed by atoms with Crippen LogP contribution in [0.1, 0.15) is 5.56 Å². The Hall–Kier alpha value is -2.65. The molecule has 0 unspecified atom stereocenters. The fourth-order valence-electron chi connectivity index (χ4n) is 2.01. The maximum Gasteiger partial charge on any atom is 0.207 e. The number of aromatic nitrogens is 3. The molecular formula is C13H7ClFN5. The molecule has 20 heavy (non-hydrogen) atoms. The lowest BCUT2D eigenvalue weighted by Gasteiger charge is -2.08. The van der Waals surface area contributed by atoms with Crippen molar-refractivity contribution in [3.8, 4) is 11.8 Å². The first-order valence-corrected chi connectivity index (χ1v) is 5.98. The van der Waals surface area contributed by atoms with Crippen LogP contribution in [-0.4, -0.2) is 14.5 Å². The second-order valence-corrected chi connectivity index (χ2v) is 4.48. The Balaban J connectivity index is 2.39. The van der Waals surface area contributed by atoms with Crippen molar-refractivity contribution in [3.63, 3.8) is 0 Å². The van der Waals surface area contributed by atoms with Gasteiger partial charge in [0.05, 0.1) is 10.7 Å². The SMILES string of the molecule is N#Cc1c(F)cccc1-n1c(N)nc2cc(Cl)cnc21. The van der Waals surface area contributed by atoms with Gasteiger partial charge in [0.15, 0.2) is 5.65 Å². The van der Waals surface area contributed by atoms with Crippen LogP contribution in [-0.2, 0) is 0 Å². The molecule has 0 spiro atoms. The number of fused-ring (bicyclic) bond motifs is 1. The summed E-state index contributed by atoms with van der Waals surface area (Å²) in [7, 11) is 0. The first kappa shape index (κ1) is 12.4. The number of imidazole rings is 1. The van der Waals surface area contributed by atoms with Crippen molar-refractivity contribution in [3.05, 3.63) is 46.9 Å². The molecule has 0 amide bonds. The van der Waals surface area contributed by atoms with Crippen molar-refractivity contribution in [2.24, 2.45) is 0 Å². The molecule has 0 fully saturated rings. The third-order valence-corrected chi connectivity index (χ3v) is 3.04. The van der Waals surface area contributed by atoms with Crippen molar-refractivity contribution < 1.29 is 4.39 Å². The second kappa shape index (κ2) is 4.47. The number of pyridine rings is 1. The van der Waals surface area contributed by atoms with E-state index in [1.165, 1.54) is 22.9 Å². The standard InChI is InChI=1S/C13H7ClFN5/c14-7-4-10-12(18-6-7)20(13(17)19-10)11-3-1-2-9(15)8(11)5-16/h1-4,6H,(H2,17,19). The van der Waals surface area contributed by atoms with Gasteiger partial charge in [0, 0.05) is 6.20 Å². The van der Waals surface area contributed by atoms with Crippen molar-refractivity contribution >= 4 is 28.7 Å². The number of anilines is 1. The Morgan fingerprint density at radius 3 is 2.95 bits per heavy atom.